The summed E-state index contributed by atoms with van der Waals surface area (Å²) in [6.45, 7) is 2.76. The van der Waals surface area contributed by atoms with Crippen molar-refractivity contribution >= 4 is 5.97 Å². The Morgan fingerprint density at radius 2 is 2.15 bits per heavy atom. The molecule has 0 heterocycles. The zero-order valence-electron chi connectivity index (χ0n) is 8.28. The Kier molecular flexibility index (Phi) is 7.63. The molecule has 0 aromatic rings. The maximum atomic E-state index is 11.0. The van der Waals surface area contributed by atoms with Gasteiger partial charge >= 0.3 is 5.97 Å². The predicted molar refractivity (Wildman–Crippen MR) is 48.4 cm³/mol. The Morgan fingerprint density at radius 3 is 2.69 bits per heavy atom. The molecule has 13 heavy (non-hydrogen) atoms. The van der Waals surface area contributed by atoms with Gasteiger partial charge in [0.15, 0.2) is 6.10 Å². The van der Waals surface area contributed by atoms with E-state index in [1.54, 1.807) is 0 Å². The third-order valence-electron chi connectivity index (χ3n) is 1.61. The number of aliphatic hydroxyl groups excluding tert-OH is 1. The van der Waals surface area contributed by atoms with Crippen molar-refractivity contribution in [2.45, 2.75) is 32.3 Å². The van der Waals surface area contributed by atoms with Crippen molar-refractivity contribution in [1.82, 2.24) is 0 Å². The van der Waals surface area contributed by atoms with Crippen molar-refractivity contribution < 1.29 is 19.4 Å². The van der Waals surface area contributed by atoms with E-state index in [-0.39, 0.29) is 0 Å². The summed E-state index contributed by atoms with van der Waals surface area (Å²) in [4.78, 5) is 11.0. The van der Waals surface area contributed by atoms with E-state index in [1.807, 2.05) is 6.92 Å². The molecule has 0 radical (unpaired) electrons. The molecule has 4 nitrogen and oxygen atoms in total. The van der Waals surface area contributed by atoms with E-state index in [0.717, 1.165) is 12.8 Å². The van der Waals surface area contributed by atoms with Crippen molar-refractivity contribution in [3.8, 4) is 0 Å². The van der Waals surface area contributed by atoms with Crippen LogP contribution < -0.4 is 0 Å². The third-order valence-corrected chi connectivity index (χ3v) is 1.61. The molecule has 0 fully saturated rings. The number of ether oxygens (including phenoxy) is 2. The van der Waals surface area contributed by atoms with Crippen LogP contribution in [0.5, 0.6) is 0 Å². The number of esters is 1. The van der Waals surface area contributed by atoms with Crippen LogP contribution in [0.4, 0.5) is 0 Å². The van der Waals surface area contributed by atoms with Gasteiger partial charge in [-0.3, -0.25) is 0 Å². The molecule has 0 amide bonds. The minimum atomic E-state index is -1.04. The maximum absolute atomic E-state index is 11.0. The van der Waals surface area contributed by atoms with Crippen LogP contribution in [-0.2, 0) is 14.3 Å². The van der Waals surface area contributed by atoms with Crippen molar-refractivity contribution in [3.63, 3.8) is 0 Å². The van der Waals surface area contributed by atoms with Gasteiger partial charge in [0.05, 0.1) is 6.61 Å². The highest BCUT2D eigenvalue weighted by molar-refractivity contribution is 5.74. The molecule has 1 N–H and O–H groups in total. The molecule has 1 atom stereocenters. The number of unbranched alkanes of at least 4 members (excludes halogenated alkanes) is 1. The van der Waals surface area contributed by atoms with Crippen molar-refractivity contribution in [2.24, 2.45) is 0 Å². The zero-order valence-corrected chi connectivity index (χ0v) is 8.28. The number of aliphatic hydroxyl groups is 1. The van der Waals surface area contributed by atoms with Crippen molar-refractivity contribution in [2.75, 3.05) is 20.3 Å². The zero-order chi connectivity index (χ0) is 10.1. The van der Waals surface area contributed by atoms with E-state index < -0.39 is 12.1 Å². The third kappa shape index (κ3) is 6.54. The van der Waals surface area contributed by atoms with Gasteiger partial charge in [-0.15, -0.1) is 0 Å². The molecule has 0 saturated carbocycles. The molecule has 0 bridgehead atoms. The molecule has 0 aliphatic carbocycles. The molecule has 1 unspecified atom stereocenters. The van der Waals surface area contributed by atoms with Gasteiger partial charge in [0.2, 0.25) is 0 Å². The average Bonchev–Trinajstić information content (AvgIpc) is 2.14. The van der Waals surface area contributed by atoms with Gasteiger partial charge in [-0.05, 0) is 6.42 Å². The normalized spacial score (nSPS) is 12.5. The number of carbonyl (C=O) groups excluding carboxylic acids is 1. The Bertz CT molecular complexity index is 136. The SMILES string of the molecule is CCCCOC(=O)C(O)CCOC. The summed E-state index contributed by atoms with van der Waals surface area (Å²) < 4.78 is 9.52. The first-order valence-electron chi connectivity index (χ1n) is 4.56. The Balaban J connectivity index is 3.45. The molecule has 0 saturated heterocycles. The minimum absolute atomic E-state index is 0.293. The smallest absolute Gasteiger partial charge is 0.335 e. The van der Waals surface area contributed by atoms with E-state index in [0.29, 0.717) is 19.6 Å². The first-order valence-corrected chi connectivity index (χ1v) is 4.56. The Labute approximate surface area is 78.8 Å². The first-order chi connectivity index (χ1) is 6.22. The van der Waals surface area contributed by atoms with Gasteiger partial charge in [-0.2, -0.15) is 0 Å². The molecule has 0 aromatic heterocycles. The van der Waals surface area contributed by atoms with E-state index in [4.69, 9.17) is 9.47 Å². The summed E-state index contributed by atoms with van der Waals surface area (Å²) >= 11 is 0. The number of carbonyl (C=O) groups is 1. The number of methoxy groups -OCH3 is 1. The second-order valence-corrected chi connectivity index (χ2v) is 2.82. The molecular formula is C9H18O4. The van der Waals surface area contributed by atoms with Crippen LogP contribution in [0.15, 0.2) is 0 Å². The predicted octanol–water partition coefficient (Wildman–Crippen LogP) is 0.727. The summed E-state index contributed by atoms with van der Waals surface area (Å²) in [5.74, 6) is -0.550. The summed E-state index contributed by atoms with van der Waals surface area (Å²) in [6.07, 6.45) is 1.06. The molecule has 0 aromatic carbocycles. The van der Waals surface area contributed by atoms with Gasteiger partial charge in [0.1, 0.15) is 0 Å². The van der Waals surface area contributed by atoms with Crippen LogP contribution in [0.2, 0.25) is 0 Å². The molecule has 78 valence electrons. The van der Waals surface area contributed by atoms with Crippen LogP contribution in [0.3, 0.4) is 0 Å². The van der Waals surface area contributed by atoms with Crippen LogP contribution in [0, 0.1) is 0 Å². The lowest BCUT2D eigenvalue weighted by molar-refractivity contribution is -0.154. The van der Waals surface area contributed by atoms with Crippen LogP contribution in [-0.4, -0.2) is 37.5 Å². The fraction of sp³-hybridized carbons (Fsp3) is 0.889. The minimum Gasteiger partial charge on any atom is -0.464 e. The lowest BCUT2D eigenvalue weighted by Gasteiger charge is -2.09. The average molecular weight is 190 g/mol. The molecule has 0 rings (SSSR count). The van der Waals surface area contributed by atoms with E-state index in [2.05, 4.69) is 0 Å². The number of hydrogen-bond donors (Lipinski definition) is 1. The maximum Gasteiger partial charge on any atom is 0.335 e. The standard InChI is InChI=1S/C9H18O4/c1-3-4-6-13-9(11)8(10)5-7-12-2/h8,10H,3-7H2,1-2H3. The van der Waals surface area contributed by atoms with Crippen molar-refractivity contribution in [1.29, 1.82) is 0 Å². The highest BCUT2D eigenvalue weighted by Crippen LogP contribution is 1.97. The van der Waals surface area contributed by atoms with E-state index in [9.17, 15) is 9.90 Å². The summed E-state index contributed by atoms with van der Waals surface area (Å²) in [7, 11) is 1.52. The first kappa shape index (κ1) is 12.4. The van der Waals surface area contributed by atoms with Crippen molar-refractivity contribution in [3.05, 3.63) is 0 Å². The molecule has 0 aliphatic heterocycles. The Hall–Kier alpha value is -0.610. The van der Waals surface area contributed by atoms with Crippen LogP contribution >= 0.6 is 0 Å². The lowest BCUT2D eigenvalue weighted by atomic mass is 10.3. The molecular weight excluding hydrogens is 172 g/mol. The highest BCUT2D eigenvalue weighted by Gasteiger charge is 2.15. The molecule has 4 heteroatoms. The van der Waals surface area contributed by atoms with Crippen LogP contribution in [0.25, 0.3) is 0 Å². The van der Waals surface area contributed by atoms with Crippen LogP contribution in [0.1, 0.15) is 26.2 Å². The van der Waals surface area contributed by atoms with Gasteiger partial charge in [0.25, 0.3) is 0 Å². The second-order valence-electron chi connectivity index (χ2n) is 2.82. The molecule has 0 spiro atoms. The second kappa shape index (κ2) is 8.01. The molecule has 0 aliphatic rings. The fourth-order valence-corrected chi connectivity index (χ4v) is 0.761. The van der Waals surface area contributed by atoms with Gasteiger partial charge in [-0.25, -0.2) is 4.79 Å². The van der Waals surface area contributed by atoms with E-state index in [1.165, 1.54) is 7.11 Å². The van der Waals surface area contributed by atoms with Gasteiger partial charge < -0.3 is 14.6 Å². The summed E-state index contributed by atoms with van der Waals surface area (Å²) in [6, 6.07) is 0. The van der Waals surface area contributed by atoms with Gasteiger partial charge in [0, 0.05) is 20.1 Å². The number of hydrogen-bond acceptors (Lipinski definition) is 4. The largest absolute Gasteiger partial charge is 0.464 e. The van der Waals surface area contributed by atoms with Gasteiger partial charge in [-0.1, -0.05) is 13.3 Å². The number of rotatable bonds is 7. The van der Waals surface area contributed by atoms with E-state index >= 15 is 0 Å². The quantitative estimate of drug-likeness (QED) is 0.475. The summed E-state index contributed by atoms with van der Waals surface area (Å²) in [5.41, 5.74) is 0. The highest BCUT2D eigenvalue weighted by atomic mass is 16.5. The lowest BCUT2D eigenvalue weighted by Crippen LogP contribution is -2.24. The fourth-order valence-electron chi connectivity index (χ4n) is 0.761. The topological polar surface area (TPSA) is 55.8 Å². The Morgan fingerprint density at radius 1 is 1.46 bits per heavy atom. The summed E-state index contributed by atoms with van der Waals surface area (Å²) in [5, 5.41) is 9.19. The monoisotopic (exact) mass is 190 g/mol.